The van der Waals surface area contributed by atoms with Crippen molar-refractivity contribution in [2.24, 2.45) is 11.8 Å². The second kappa shape index (κ2) is 5.31. The standard InChI is InChI=1S/C10H21NO/c1-6-11-10(9(5)12)8(4)7(2)3/h7-8,10-11H,6H2,1-5H3/t8-,10?/m1/s1. The molecule has 2 nitrogen and oxygen atoms in total. The summed E-state index contributed by atoms with van der Waals surface area (Å²) in [6.07, 6.45) is 0. The average Bonchev–Trinajstić information content (AvgIpc) is 1.98. The van der Waals surface area contributed by atoms with Crippen LogP contribution in [0.5, 0.6) is 0 Å². The van der Waals surface area contributed by atoms with Gasteiger partial charge in [-0.3, -0.25) is 4.79 Å². The lowest BCUT2D eigenvalue weighted by molar-refractivity contribution is -0.120. The molecule has 0 radical (unpaired) electrons. The summed E-state index contributed by atoms with van der Waals surface area (Å²) in [5.41, 5.74) is 0. The number of hydrogen-bond acceptors (Lipinski definition) is 2. The highest BCUT2D eigenvalue weighted by Gasteiger charge is 2.22. The molecule has 0 bridgehead atoms. The lowest BCUT2D eigenvalue weighted by Crippen LogP contribution is -2.42. The fraction of sp³-hybridized carbons (Fsp3) is 0.900. The first-order valence-corrected chi connectivity index (χ1v) is 4.74. The summed E-state index contributed by atoms with van der Waals surface area (Å²) in [5.74, 6) is 1.22. The van der Waals surface area contributed by atoms with Crippen LogP contribution in [0.4, 0.5) is 0 Å². The molecule has 0 aliphatic heterocycles. The van der Waals surface area contributed by atoms with Gasteiger partial charge in [-0.05, 0) is 25.3 Å². The number of likely N-dealkylation sites (N-methyl/N-ethyl adjacent to an activating group) is 1. The molecule has 0 saturated heterocycles. The van der Waals surface area contributed by atoms with E-state index in [0.29, 0.717) is 11.8 Å². The Bertz CT molecular complexity index is 143. The first kappa shape index (κ1) is 11.6. The Morgan fingerprint density at radius 1 is 1.33 bits per heavy atom. The first-order valence-electron chi connectivity index (χ1n) is 4.74. The van der Waals surface area contributed by atoms with Gasteiger partial charge in [0.25, 0.3) is 0 Å². The number of rotatable bonds is 5. The van der Waals surface area contributed by atoms with Gasteiger partial charge in [0.2, 0.25) is 0 Å². The Kier molecular flexibility index (Phi) is 5.14. The molecule has 72 valence electrons. The predicted octanol–water partition coefficient (Wildman–Crippen LogP) is 1.85. The monoisotopic (exact) mass is 171 g/mol. The van der Waals surface area contributed by atoms with E-state index in [4.69, 9.17) is 0 Å². The third-order valence-corrected chi connectivity index (χ3v) is 2.44. The summed E-state index contributed by atoms with van der Waals surface area (Å²) >= 11 is 0. The third-order valence-electron chi connectivity index (χ3n) is 2.44. The Morgan fingerprint density at radius 3 is 2.08 bits per heavy atom. The van der Waals surface area contributed by atoms with E-state index >= 15 is 0 Å². The maximum Gasteiger partial charge on any atom is 0.146 e. The summed E-state index contributed by atoms with van der Waals surface area (Å²) in [7, 11) is 0. The van der Waals surface area contributed by atoms with Gasteiger partial charge in [-0.1, -0.05) is 27.7 Å². The number of Topliss-reactive ketones (excluding diaryl/α,β-unsaturated/α-hetero) is 1. The predicted molar refractivity (Wildman–Crippen MR) is 52.1 cm³/mol. The van der Waals surface area contributed by atoms with Crippen molar-refractivity contribution in [1.82, 2.24) is 5.32 Å². The number of carbonyl (C=O) groups excluding carboxylic acids is 1. The molecule has 2 atom stereocenters. The van der Waals surface area contributed by atoms with Crippen molar-refractivity contribution in [3.63, 3.8) is 0 Å². The van der Waals surface area contributed by atoms with Crippen LogP contribution in [0.1, 0.15) is 34.6 Å². The van der Waals surface area contributed by atoms with Crippen molar-refractivity contribution >= 4 is 5.78 Å². The van der Waals surface area contributed by atoms with E-state index in [0.717, 1.165) is 6.54 Å². The van der Waals surface area contributed by atoms with E-state index in [9.17, 15) is 4.79 Å². The Balaban J connectivity index is 4.18. The number of hydrogen-bond donors (Lipinski definition) is 1. The topological polar surface area (TPSA) is 29.1 Å². The Morgan fingerprint density at radius 2 is 1.83 bits per heavy atom. The Labute approximate surface area is 75.7 Å². The molecule has 0 aromatic carbocycles. The van der Waals surface area contributed by atoms with Gasteiger partial charge in [0.1, 0.15) is 5.78 Å². The van der Waals surface area contributed by atoms with Crippen LogP contribution in [0.25, 0.3) is 0 Å². The van der Waals surface area contributed by atoms with Crippen molar-refractivity contribution in [3.8, 4) is 0 Å². The molecule has 1 unspecified atom stereocenters. The van der Waals surface area contributed by atoms with E-state index < -0.39 is 0 Å². The maximum absolute atomic E-state index is 11.2. The van der Waals surface area contributed by atoms with Crippen molar-refractivity contribution < 1.29 is 4.79 Å². The summed E-state index contributed by atoms with van der Waals surface area (Å²) in [4.78, 5) is 11.2. The van der Waals surface area contributed by atoms with Gasteiger partial charge in [-0.2, -0.15) is 0 Å². The van der Waals surface area contributed by atoms with E-state index in [2.05, 4.69) is 26.1 Å². The van der Waals surface area contributed by atoms with E-state index in [-0.39, 0.29) is 11.8 Å². The third kappa shape index (κ3) is 3.35. The molecule has 0 rings (SSSR count). The number of nitrogens with one attached hydrogen (secondary N) is 1. The van der Waals surface area contributed by atoms with Gasteiger partial charge in [0.05, 0.1) is 6.04 Å². The summed E-state index contributed by atoms with van der Waals surface area (Å²) in [6.45, 7) is 11.0. The molecule has 2 heteroatoms. The van der Waals surface area contributed by atoms with E-state index in [1.807, 2.05) is 6.92 Å². The first-order chi connectivity index (χ1) is 5.50. The molecule has 0 heterocycles. The molecule has 0 aliphatic carbocycles. The molecular weight excluding hydrogens is 150 g/mol. The van der Waals surface area contributed by atoms with Gasteiger partial charge in [-0.15, -0.1) is 0 Å². The van der Waals surface area contributed by atoms with Crippen molar-refractivity contribution in [3.05, 3.63) is 0 Å². The maximum atomic E-state index is 11.2. The van der Waals surface area contributed by atoms with Gasteiger partial charge >= 0.3 is 0 Å². The fourth-order valence-electron chi connectivity index (χ4n) is 1.30. The second-order valence-corrected chi connectivity index (χ2v) is 3.75. The summed E-state index contributed by atoms with van der Waals surface area (Å²) in [6, 6.07) is 0.0370. The van der Waals surface area contributed by atoms with Crippen molar-refractivity contribution in [2.75, 3.05) is 6.54 Å². The molecule has 0 aromatic rings. The molecule has 0 aromatic heterocycles. The van der Waals surface area contributed by atoms with E-state index in [1.54, 1.807) is 6.92 Å². The molecule has 0 amide bonds. The van der Waals surface area contributed by atoms with Crippen LogP contribution in [0, 0.1) is 11.8 Å². The zero-order valence-electron chi connectivity index (χ0n) is 8.85. The number of ketones is 1. The zero-order valence-corrected chi connectivity index (χ0v) is 8.85. The molecule has 0 spiro atoms. The van der Waals surface area contributed by atoms with Crippen LogP contribution in [-0.4, -0.2) is 18.4 Å². The summed E-state index contributed by atoms with van der Waals surface area (Å²) in [5, 5.41) is 3.21. The van der Waals surface area contributed by atoms with Crippen LogP contribution < -0.4 is 5.32 Å². The van der Waals surface area contributed by atoms with Crippen LogP contribution >= 0.6 is 0 Å². The second-order valence-electron chi connectivity index (χ2n) is 3.75. The lowest BCUT2D eigenvalue weighted by atomic mass is 9.88. The fourth-order valence-corrected chi connectivity index (χ4v) is 1.30. The number of carbonyl (C=O) groups is 1. The highest BCUT2D eigenvalue weighted by molar-refractivity contribution is 5.81. The van der Waals surface area contributed by atoms with Gasteiger partial charge in [-0.25, -0.2) is 0 Å². The summed E-state index contributed by atoms with van der Waals surface area (Å²) < 4.78 is 0. The van der Waals surface area contributed by atoms with Gasteiger partial charge < -0.3 is 5.32 Å². The van der Waals surface area contributed by atoms with Gasteiger partial charge in [0, 0.05) is 0 Å². The molecule has 0 aliphatic rings. The minimum atomic E-state index is 0.0370. The molecule has 0 fully saturated rings. The average molecular weight is 171 g/mol. The molecule has 1 N–H and O–H groups in total. The SMILES string of the molecule is CCNC(C(C)=O)[C@H](C)C(C)C. The van der Waals surface area contributed by atoms with Crippen molar-refractivity contribution in [2.45, 2.75) is 40.7 Å². The van der Waals surface area contributed by atoms with Gasteiger partial charge in [0.15, 0.2) is 0 Å². The van der Waals surface area contributed by atoms with Crippen LogP contribution in [0.15, 0.2) is 0 Å². The van der Waals surface area contributed by atoms with Crippen molar-refractivity contribution in [1.29, 1.82) is 0 Å². The Hall–Kier alpha value is -0.370. The highest BCUT2D eigenvalue weighted by atomic mass is 16.1. The van der Waals surface area contributed by atoms with Crippen LogP contribution in [0.3, 0.4) is 0 Å². The quantitative estimate of drug-likeness (QED) is 0.684. The molecule has 0 saturated carbocycles. The zero-order chi connectivity index (χ0) is 9.72. The minimum Gasteiger partial charge on any atom is -0.308 e. The molecule has 12 heavy (non-hydrogen) atoms. The molecular formula is C10H21NO. The largest absolute Gasteiger partial charge is 0.308 e. The smallest absolute Gasteiger partial charge is 0.146 e. The normalized spacial score (nSPS) is 16.2. The highest BCUT2D eigenvalue weighted by Crippen LogP contribution is 2.14. The minimum absolute atomic E-state index is 0.0370. The van der Waals surface area contributed by atoms with Crippen LogP contribution in [-0.2, 0) is 4.79 Å². The van der Waals surface area contributed by atoms with Crippen LogP contribution in [0.2, 0.25) is 0 Å². The van der Waals surface area contributed by atoms with E-state index in [1.165, 1.54) is 0 Å². The lowest BCUT2D eigenvalue weighted by Gasteiger charge is -2.25.